The highest BCUT2D eigenvalue weighted by Crippen LogP contribution is 2.26. The third-order valence-electron chi connectivity index (χ3n) is 6.36. The highest BCUT2D eigenvalue weighted by atomic mass is 32.2. The minimum Gasteiger partial charge on any atom is -0.354 e. The maximum absolute atomic E-state index is 13.1. The van der Waals surface area contributed by atoms with Gasteiger partial charge in [0.05, 0.1) is 10.6 Å². The van der Waals surface area contributed by atoms with E-state index in [4.69, 9.17) is 4.98 Å². The van der Waals surface area contributed by atoms with Crippen LogP contribution in [0.1, 0.15) is 25.7 Å². The number of sulfonamides is 1. The van der Waals surface area contributed by atoms with Crippen LogP contribution in [-0.2, 0) is 19.6 Å². The zero-order valence-electron chi connectivity index (χ0n) is 18.3. The Labute approximate surface area is 192 Å². The molecule has 0 radical (unpaired) electrons. The molecule has 3 saturated heterocycles. The number of carbonyl (C=O) groups is 2. The Morgan fingerprint density at radius 2 is 1.39 bits per heavy atom. The van der Waals surface area contributed by atoms with Gasteiger partial charge in [-0.25, -0.2) is 13.4 Å². The Bertz CT molecular complexity index is 1140. The molecule has 1 aromatic heterocycles. The average molecular weight is 471 g/mol. The molecular weight excluding hydrogens is 444 g/mol. The van der Waals surface area contributed by atoms with Crippen molar-refractivity contribution in [3.63, 3.8) is 0 Å². The molecule has 0 N–H and O–H groups in total. The summed E-state index contributed by atoms with van der Waals surface area (Å²) < 4.78 is 27.8. The third kappa shape index (κ3) is 4.18. The second-order valence-electron chi connectivity index (χ2n) is 8.42. The number of piperazine rings is 1. The van der Waals surface area contributed by atoms with Crippen molar-refractivity contribution in [2.45, 2.75) is 30.6 Å². The lowest BCUT2D eigenvalue weighted by molar-refractivity contribution is -0.121. The minimum absolute atomic E-state index is 0.150. The van der Waals surface area contributed by atoms with Crippen LogP contribution in [0.3, 0.4) is 0 Å². The number of hydrogen-bond donors (Lipinski definition) is 0. The average Bonchev–Trinajstić information content (AvgIpc) is 3.49. The van der Waals surface area contributed by atoms with Gasteiger partial charge in [-0.2, -0.15) is 9.29 Å². The molecule has 2 aromatic rings. The van der Waals surface area contributed by atoms with E-state index in [1.807, 2.05) is 6.07 Å². The highest BCUT2D eigenvalue weighted by Gasteiger charge is 2.32. The van der Waals surface area contributed by atoms with Gasteiger partial charge in [0.2, 0.25) is 27.8 Å². The summed E-state index contributed by atoms with van der Waals surface area (Å²) in [4.78, 5) is 38.5. The zero-order chi connectivity index (χ0) is 23.0. The smallest absolute Gasteiger partial charge is 0.243 e. The summed E-state index contributed by atoms with van der Waals surface area (Å²) in [7, 11) is -3.68. The topological polar surface area (TPSA) is 107 Å². The number of benzene rings is 1. The summed E-state index contributed by atoms with van der Waals surface area (Å²) >= 11 is 0. The first-order valence-electron chi connectivity index (χ1n) is 11.2. The van der Waals surface area contributed by atoms with Crippen LogP contribution in [0.15, 0.2) is 41.4 Å². The molecule has 1 aromatic carbocycles. The van der Waals surface area contributed by atoms with E-state index < -0.39 is 10.0 Å². The van der Waals surface area contributed by atoms with Crippen LogP contribution < -0.4 is 14.7 Å². The Morgan fingerprint density at radius 3 is 2.03 bits per heavy atom. The van der Waals surface area contributed by atoms with Crippen molar-refractivity contribution in [1.29, 1.82) is 0 Å². The predicted molar refractivity (Wildman–Crippen MR) is 123 cm³/mol. The standard InChI is InChI=1S/C22H26N6O4S/c29-20-7-8-21(30)28(20)17-3-5-18(6-4-17)33(31,32)27-15-13-25(14-16-27)19-9-10-23-22(24-19)26-11-1-2-12-26/h3-6,9-10H,1-2,7-8,11-16H2. The molecule has 11 heteroatoms. The van der Waals surface area contributed by atoms with Crippen LogP contribution in [0.2, 0.25) is 0 Å². The van der Waals surface area contributed by atoms with Gasteiger partial charge in [0.1, 0.15) is 5.82 Å². The van der Waals surface area contributed by atoms with Crippen molar-refractivity contribution in [2.75, 3.05) is 54.0 Å². The third-order valence-corrected chi connectivity index (χ3v) is 8.28. The van der Waals surface area contributed by atoms with E-state index in [1.54, 1.807) is 6.20 Å². The maximum Gasteiger partial charge on any atom is 0.243 e. The maximum atomic E-state index is 13.1. The Hall–Kier alpha value is -3.05. The number of hydrogen-bond acceptors (Lipinski definition) is 8. The normalized spacial score (nSPS) is 20.2. The van der Waals surface area contributed by atoms with Crippen LogP contribution in [0.25, 0.3) is 0 Å². The van der Waals surface area contributed by atoms with Gasteiger partial charge in [-0.3, -0.25) is 14.5 Å². The number of amides is 2. The summed E-state index contributed by atoms with van der Waals surface area (Å²) in [5, 5.41) is 0. The van der Waals surface area contributed by atoms with Crippen molar-refractivity contribution >= 4 is 39.3 Å². The largest absolute Gasteiger partial charge is 0.354 e. The zero-order valence-corrected chi connectivity index (χ0v) is 19.1. The molecule has 3 aliphatic heterocycles. The quantitative estimate of drug-likeness (QED) is 0.601. The van der Waals surface area contributed by atoms with Crippen molar-refractivity contribution < 1.29 is 18.0 Å². The fraction of sp³-hybridized carbons (Fsp3) is 0.455. The van der Waals surface area contributed by atoms with Gasteiger partial charge in [-0.05, 0) is 43.2 Å². The first kappa shape index (κ1) is 21.8. The summed E-state index contributed by atoms with van der Waals surface area (Å²) in [5.41, 5.74) is 0.406. The summed E-state index contributed by atoms with van der Waals surface area (Å²) in [6.45, 7) is 3.68. The lowest BCUT2D eigenvalue weighted by atomic mass is 10.3. The van der Waals surface area contributed by atoms with Crippen molar-refractivity contribution in [3.05, 3.63) is 36.5 Å². The number of imide groups is 1. The van der Waals surface area contributed by atoms with E-state index in [-0.39, 0.29) is 29.6 Å². The summed E-state index contributed by atoms with van der Waals surface area (Å²) in [6.07, 6.45) is 4.44. The Kier molecular flexibility index (Phi) is 5.75. The molecule has 10 nitrogen and oxygen atoms in total. The lowest BCUT2D eigenvalue weighted by Gasteiger charge is -2.35. The van der Waals surface area contributed by atoms with Gasteiger partial charge < -0.3 is 9.80 Å². The van der Waals surface area contributed by atoms with E-state index >= 15 is 0 Å². The van der Waals surface area contributed by atoms with E-state index in [9.17, 15) is 18.0 Å². The monoisotopic (exact) mass is 470 g/mol. The molecule has 0 spiro atoms. The highest BCUT2D eigenvalue weighted by molar-refractivity contribution is 7.89. The Morgan fingerprint density at radius 1 is 0.758 bits per heavy atom. The second-order valence-corrected chi connectivity index (χ2v) is 10.4. The van der Waals surface area contributed by atoms with Gasteiger partial charge >= 0.3 is 0 Å². The van der Waals surface area contributed by atoms with Crippen LogP contribution in [0, 0.1) is 0 Å². The summed E-state index contributed by atoms with van der Waals surface area (Å²) in [6, 6.07) is 7.82. The molecule has 0 aliphatic carbocycles. The van der Waals surface area contributed by atoms with Gasteiger partial charge in [-0.15, -0.1) is 0 Å². The number of nitrogens with zero attached hydrogens (tertiary/aromatic N) is 6. The van der Waals surface area contributed by atoms with Crippen LogP contribution in [0.4, 0.5) is 17.5 Å². The van der Waals surface area contributed by atoms with Gasteiger partial charge in [0.15, 0.2) is 0 Å². The predicted octanol–water partition coefficient (Wildman–Crippen LogP) is 1.24. The fourth-order valence-corrected chi connectivity index (χ4v) is 5.95. The van der Waals surface area contributed by atoms with Crippen LogP contribution in [0.5, 0.6) is 0 Å². The molecule has 3 fully saturated rings. The van der Waals surface area contributed by atoms with Crippen molar-refractivity contribution in [2.24, 2.45) is 0 Å². The number of carbonyl (C=O) groups excluding carboxylic acids is 2. The number of rotatable bonds is 5. The second kappa shape index (κ2) is 8.71. The molecule has 5 rings (SSSR count). The van der Waals surface area contributed by atoms with Gasteiger partial charge in [0.25, 0.3) is 0 Å². The fourth-order valence-electron chi connectivity index (χ4n) is 4.52. The number of anilines is 3. The minimum atomic E-state index is -3.68. The van der Waals surface area contributed by atoms with Gasteiger partial charge in [-0.1, -0.05) is 0 Å². The molecule has 0 saturated carbocycles. The first-order chi connectivity index (χ1) is 15.9. The molecular formula is C22H26N6O4S. The molecule has 0 atom stereocenters. The molecule has 0 unspecified atom stereocenters. The van der Waals surface area contributed by atoms with Gasteiger partial charge in [0, 0.05) is 58.3 Å². The summed E-state index contributed by atoms with van der Waals surface area (Å²) in [5.74, 6) is 1.03. The number of aromatic nitrogens is 2. The van der Waals surface area contributed by atoms with Crippen LogP contribution in [-0.4, -0.2) is 73.8 Å². The van der Waals surface area contributed by atoms with E-state index in [0.29, 0.717) is 31.9 Å². The molecule has 3 aliphatic rings. The van der Waals surface area contributed by atoms with E-state index in [2.05, 4.69) is 14.8 Å². The SMILES string of the molecule is O=C1CCC(=O)N1c1ccc(S(=O)(=O)N2CCN(c3ccnc(N4CCCC4)n3)CC2)cc1. The lowest BCUT2D eigenvalue weighted by Crippen LogP contribution is -2.49. The molecule has 174 valence electrons. The molecule has 33 heavy (non-hydrogen) atoms. The van der Waals surface area contributed by atoms with E-state index in [0.717, 1.165) is 42.6 Å². The van der Waals surface area contributed by atoms with E-state index in [1.165, 1.54) is 28.6 Å². The Balaban J connectivity index is 1.25. The molecule has 2 amide bonds. The molecule has 0 bridgehead atoms. The van der Waals surface area contributed by atoms with Crippen LogP contribution >= 0.6 is 0 Å². The molecule has 4 heterocycles. The first-order valence-corrected chi connectivity index (χ1v) is 12.7. The van der Waals surface area contributed by atoms with Crippen molar-refractivity contribution in [3.8, 4) is 0 Å². The van der Waals surface area contributed by atoms with Crippen molar-refractivity contribution in [1.82, 2.24) is 14.3 Å².